The summed E-state index contributed by atoms with van der Waals surface area (Å²) in [5, 5.41) is 24.2. The summed E-state index contributed by atoms with van der Waals surface area (Å²) in [7, 11) is 0. The van der Waals surface area contributed by atoms with Crippen molar-refractivity contribution < 1.29 is 19.4 Å². The van der Waals surface area contributed by atoms with Gasteiger partial charge < -0.3 is 20.4 Å². The monoisotopic (exact) mass is 442 g/mol. The molecule has 2 heterocycles. The van der Waals surface area contributed by atoms with Crippen LogP contribution in [0.3, 0.4) is 0 Å². The van der Waals surface area contributed by atoms with E-state index in [1.165, 1.54) is 6.07 Å². The Morgan fingerprint density at radius 1 is 1.22 bits per heavy atom. The molecule has 1 saturated heterocycles. The molecule has 4 unspecified atom stereocenters. The molecule has 2 aromatic rings. The number of aliphatic hydroxyl groups excluding tert-OH is 2. The molecule has 1 aliphatic heterocycles. The summed E-state index contributed by atoms with van der Waals surface area (Å²) in [5.74, 6) is -0.195. The third-order valence-electron chi connectivity index (χ3n) is 6.93. The second-order valence-corrected chi connectivity index (χ2v) is 8.92. The minimum atomic E-state index is -0.590. The maximum atomic E-state index is 14.2. The van der Waals surface area contributed by atoms with E-state index in [9.17, 15) is 19.4 Å². The van der Waals surface area contributed by atoms with Crippen molar-refractivity contribution in [3.8, 4) is 11.4 Å². The molecule has 2 fully saturated rings. The lowest BCUT2D eigenvalue weighted by Crippen LogP contribution is -2.49. The highest BCUT2D eigenvalue weighted by Gasteiger charge is 2.43. The van der Waals surface area contributed by atoms with E-state index in [0.29, 0.717) is 24.2 Å². The Morgan fingerprint density at radius 2 is 1.97 bits per heavy atom. The van der Waals surface area contributed by atoms with Gasteiger partial charge in [0.1, 0.15) is 5.82 Å². The zero-order valence-electron chi connectivity index (χ0n) is 18.3. The zero-order valence-corrected chi connectivity index (χ0v) is 18.3. The van der Waals surface area contributed by atoms with E-state index in [1.807, 2.05) is 11.0 Å². The molecule has 8 heteroatoms. The number of aliphatic hydroxyl groups is 2. The van der Waals surface area contributed by atoms with Crippen LogP contribution in [0, 0.1) is 17.7 Å². The van der Waals surface area contributed by atoms with Gasteiger partial charge in [0.05, 0.1) is 11.7 Å². The fourth-order valence-corrected chi connectivity index (χ4v) is 5.12. The lowest BCUT2D eigenvalue weighted by Gasteiger charge is -2.35. The molecular weight excluding hydrogens is 411 g/mol. The fourth-order valence-electron chi connectivity index (χ4n) is 5.12. The van der Waals surface area contributed by atoms with Crippen LogP contribution in [0.5, 0.6) is 0 Å². The standard InChI is InChI=1S/C24H31FN4O3/c1-15(31)29-10-7-16(8-11-29)27-22-13-23(32)20(14-30)19(22)12-17-6-9-26-24(28-17)18-4-2-3-5-21(18)25/h2-6,9,16,19-20,22-23,27,30,32H,7-8,10-14H2,1H3. The SMILES string of the molecule is CC(=O)N1CCC(NC2CC(O)C(CO)C2Cc2ccnc(-c3ccccc3F)n2)CC1. The molecule has 7 nitrogen and oxygen atoms in total. The lowest BCUT2D eigenvalue weighted by atomic mass is 9.88. The number of benzene rings is 1. The summed E-state index contributed by atoms with van der Waals surface area (Å²) in [6, 6.07) is 8.53. The average Bonchev–Trinajstić information content (AvgIpc) is 3.08. The summed E-state index contributed by atoms with van der Waals surface area (Å²) in [6.07, 6.45) is 3.89. The predicted molar refractivity (Wildman–Crippen MR) is 118 cm³/mol. The van der Waals surface area contributed by atoms with Gasteiger partial charge in [-0.05, 0) is 49.8 Å². The fraction of sp³-hybridized carbons (Fsp3) is 0.542. The van der Waals surface area contributed by atoms with Crippen molar-refractivity contribution in [3.05, 3.63) is 48.0 Å². The van der Waals surface area contributed by atoms with Gasteiger partial charge in [-0.2, -0.15) is 0 Å². The minimum absolute atomic E-state index is 0.00999. The van der Waals surface area contributed by atoms with Crippen LogP contribution in [-0.4, -0.2) is 68.9 Å². The molecule has 1 aliphatic carbocycles. The molecule has 4 rings (SSSR count). The number of hydrogen-bond donors (Lipinski definition) is 3. The average molecular weight is 443 g/mol. The molecule has 1 aromatic carbocycles. The third kappa shape index (κ3) is 4.98. The van der Waals surface area contributed by atoms with Gasteiger partial charge in [-0.25, -0.2) is 14.4 Å². The van der Waals surface area contributed by atoms with Crippen LogP contribution < -0.4 is 5.32 Å². The maximum Gasteiger partial charge on any atom is 0.219 e. The van der Waals surface area contributed by atoms with Crippen molar-refractivity contribution in [3.63, 3.8) is 0 Å². The van der Waals surface area contributed by atoms with Crippen LogP contribution >= 0.6 is 0 Å². The van der Waals surface area contributed by atoms with Gasteiger partial charge in [-0.15, -0.1) is 0 Å². The Morgan fingerprint density at radius 3 is 2.66 bits per heavy atom. The molecule has 2 aliphatic rings. The first-order valence-corrected chi connectivity index (χ1v) is 11.3. The molecule has 3 N–H and O–H groups in total. The van der Waals surface area contributed by atoms with Crippen LogP contribution in [0.4, 0.5) is 4.39 Å². The quantitative estimate of drug-likeness (QED) is 0.631. The van der Waals surface area contributed by atoms with Crippen LogP contribution in [0.25, 0.3) is 11.4 Å². The Kier molecular flexibility index (Phi) is 7.13. The first kappa shape index (κ1) is 22.8. The Balaban J connectivity index is 1.48. The van der Waals surface area contributed by atoms with Crippen molar-refractivity contribution >= 4 is 5.91 Å². The Bertz CT molecular complexity index is 935. The molecule has 0 spiro atoms. The maximum absolute atomic E-state index is 14.2. The zero-order chi connectivity index (χ0) is 22.7. The Labute approximate surface area is 187 Å². The van der Waals surface area contributed by atoms with E-state index in [0.717, 1.165) is 31.6 Å². The van der Waals surface area contributed by atoms with E-state index in [2.05, 4.69) is 15.3 Å². The number of likely N-dealkylation sites (tertiary alicyclic amines) is 1. The number of nitrogens with zero attached hydrogens (tertiary/aromatic N) is 3. The van der Waals surface area contributed by atoms with Crippen molar-refractivity contribution in [1.29, 1.82) is 0 Å². The van der Waals surface area contributed by atoms with E-state index < -0.39 is 6.10 Å². The minimum Gasteiger partial charge on any atom is -0.396 e. The molecule has 1 saturated carbocycles. The van der Waals surface area contributed by atoms with Crippen molar-refractivity contribution in [2.75, 3.05) is 19.7 Å². The van der Waals surface area contributed by atoms with E-state index in [4.69, 9.17) is 0 Å². The smallest absolute Gasteiger partial charge is 0.219 e. The highest BCUT2D eigenvalue weighted by atomic mass is 19.1. The highest BCUT2D eigenvalue weighted by molar-refractivity contribution is 5.73. The highest BCUT2D eigenvalue weighted by Crippen LogP contribution is 2.35. The van der Waals surface area contributed by atoms with Crippen LogP contribution in [0.2, 0.25) is 0 Å². The van der Waals surface area contributed by atoms with Gasteiger partial charge in [-0.3, -0.25) is 4.79 Å². The molecule has 0 radical (unpaired) electrons. The number of carbonyl (C=O) groups excluding carboxylic acids is 1. The van der Waals surface area contributed by atoms with Crippen LogP contribution in [0.1, 0.15) is 31.9 Å². The number of amides is 1. The van der Waals surface area contributed by atoms with Crippen LogP contribution in [-0.2, 0) is 11.2 Å². The summed E-state index contributed by atoms with van der Waals surface area (Å²) in [5.41, 5.74) is 1.11. The van der Waals surface area contributed by atoms with E-state index in [1.54, 1.807) is 31.3 Å². The Hall–Kier alpha value is -2.42. The first-order valence-electron chi connectivity index (χ1n) is 11.3. The second-order valence-electron chi connectivity index (χ2n) is 8.92. The number of carbonyl (C=O) groups is 1. The number of piperidine rings is 1. The number of nitrogens with one attached hydrogen (secondary N) is 1. The lowest BCUT2D eigenvalue weighted by molar-refractivity contribution is -0.129. The van der Waals surface area contributed by atoms with Crippen molar-refractivity contribution in [2.24, 2.45) is 11.8 Å². The normalized spacial score (nSPS) is 26.4. The number of rotatable bonds is 6. The van der Waals surface area contributed by atoms with Crippen molar-refractivity contribution in [2.45, 2.75) is 50.8 Å². The summed E-state index contributed by atoms with van der Waals surface area (Å²) in [6.45, 7) is 2.96. The van der Waals surface area contributed by atoms with Crippen molar-refractivity contribution in [1.82, 2.24) is 20.2 Å². The molecule has 32 heavy (non-hydrogen) atoms. The molecule has 4 atom stereocenters. The van der Waals surface area contributed by atoms with E-state index in [-0.39, 0.29) is 42.3 Å². The number of halogens is 1. The number of aromatic nitrogens is 2. The summed E-state index contributed by atoms with van der Waals surface area (Å²) in [4.78, 5) is 22.3. The summed E-state index contributed by atoms with van der Waals surface area (Å²) < 4.78 is 14.2. The van der Waals surface area contributed by atoms with E-state index >= 15 is 0 Å². The van der Waals surface area contributed by atoms with Gasteiger partial charge in [0.25, 0.3) is 0 Å². The van der Waals surface area contributed by atoms with Crippen LogP contribution in [0.15, 0.2) is 36.5 Å². The molecule has 1 aromatic heterocycles. The second kappa shape index (κ2) is 10.0. The summed E-state index contributed by atoms with van der Waals surface area (Å²) >= 11 is 0. The molecule has 172 valence electrons. The van der Waals surface area contributed by atoms with Gasteiger partial charge in [-0.1, -0.05) is 12.1 Å². The predicted octanol–water partition coefficient (Wildman–Crippen LogP) is 1.78. The van der Waals surface area contributed by atoms with Gasteiger partial charge in [0.2, 0.25) is 5.91 Å². The number of hydrogen-bond acceptors (Lipinski definition) is 6. The van der Waals surface area contributed by atoms with Gasteiger partial charge in [0.15, 0.2) is 5.82 Å². The topological polar surface area (TPSA) is 98.6 Å². The molecular formula is C24H31FN4O3. The molecule has 1 amide bonds. The molecule has 0 bridgehead atoms. The van der Waals surface area contributed by atoms with Gasteiger partial charge >= 0.3 is 0 Å². The van der Waals surface area contributed by atoms with Gasteiger partial charge in [0, 0.05) is 56.5 Å². The third-order valence-corrected chi connectivity index (χ3v) is 6.93. The first-order chi connectivity index (χ1) is 15.5. The largest absolute Gasteiger partial charge is 0.396 e.